The molecule has 2 fully saturated rings. The molecule has 2 heterocycles. The van der Waals surface area contributed by atoms with Gasteiger partial charge in [-0.15, -0.1) is 0 Å². The van der Waals surface area contributed by atoms with Gasteiger partial charge in [0.15, 0.2) is 11.6 Å². The number of carboxylic acids is 1. The van der Waals surface area contributed by atoms with Crippen LogP contribution in [-0.4, -0.2) is 102 Å². The maximum atomic E-state index is 13.4. The molecule has 274 valence electrons. The Morgan fingerprint density at radius 3 is 2.24 bits per heavy atom. The van der Waals surface area contributed by atoms with Crippen LogP contribution in [0.3, 0.4) is 0 Å². The van der Waals surface area contributed by atoms with Gasteiger partial charge in [0.1, 0.15) is 43.0 Å². The van der Waals surface area contributed by atoms with Crippen molar-refractivity contribution in [2.75, 3.05) is 13.2 Å². The Morgan fingerprint density at radius 1 is 1.02 bits per heavy atom. The van der Waals surface area contributed by atoms with Crippen molar-refractivity contribution < 1.29 is 52.8 Å². The van der Waals surface area contributed by atoms with Gasteiger partial charge < -0.3 is 50.5 Å². The van der Waals surface area contributed by atoms with Crippen molar-refractivity contribution in [3.63, 3.8) is 0 Å². The van der Waals surface area contributed by atoms with Gasteiger partial charge >= 0.3 is 5.97 Å². The van der Waals surface area contributed by atoms with Gasteiger partial charge in [0, 0.05) is 18.8 Å². The zero-order valence-corrected chi connectivity index (χ0v) is 29.6. The van der Waals surface area contributed by atoms with E-state index in [0.717, 1.165) is 5.56 Å². The number of primary amides is 1. The average Bonchev–Trinajstić information content (AvgIpc) is 2.98. The molecule has 15 heteroatoms. The molecule has 2 unspecified atom stereocenters. The molecule has 4 amide bonds. The number of carbonyl (C=O) groups is 5. The number of carboxylic acid groups (broad SMARTS) is 1. The molecule has 2 aliphatic rings. The number of aliphatic carboxylic acids is 1. The molecular weight excluding hydrogens is 640 g/mol. The molecular formula is C34H52N4O11. The van der Waals surface area contributed by atoms with Crippen LogP contribution in [0.15, 0.2) is 30.3 Å². The minimum atomic E-state index is -1.51. The molecule has 1 aromatic carbocycles. The highest BCUT2D eigenvalue weighted by atomic mass is 16.8. The third-order valence-electron chi connectivity index (χ3n) is 7.94. The van der Waals surface area contributed by atoms with Crippen LogP contribution in [0.4, 0.5) is 0 Å². The van der Waals surface area contributed by atoms with E-state index in [1.807, 2.05) is 51.1 Å². The number of ether oxygens (including phenoxy) is 5. The SMILES string of the molecule is CC(C)C(=O)N[C@@H]1[C@@H](OCC(=O)NC(C)C(=O)NC(CCC(=O)O)C(N)=O)[C@@H]2OC(C)(C)OC[C@H]2O[C@]1(Cc1ccccc1)OC(C)(C)C. The van der Waals surface area contributed by atoms with E-state index >= 15 is 0 Å². The number of rotatable bonds is 15. The van der Waals surface area contributed by atoms with Crippen molar-refractivity contribution in [1.82, 2.24) is 16.0 Å². The lowest BCUT2D eigenvalue weighted by atomic mass is 9.84. The first-order valence-electron chi connectivity index (χ1n) is 16.5. The Labute approximate surface area is 287 Å². The van der Waals surface area contributed by atoms with Crippen LogP contribution < -0.4 is 21.7 Å². The summed E-state index contributed by atoms with van der Waals surface area (Å²) in [4.78, 5) is 62.1. The lowest BCUT2D eigenvalue weighted by Gasteiger charge is -2.57. The topological polar surface area (TPSA) is 214 Å². The number of amides is 4. The van der Waals surface area contributed by atoms with Crippen molar-refractivity contribution in [2.24, 2.45) is 11.7 Å². The molecule has 0 radical (unpaired) electrons. The Hall–Kier alpha value is -3.63. The van der Waals surface area contributed by atoms with Crippen LogP contribution in [-0.2, 0) is 54.1 Å². The summed E-state index contributed by atoms with van der Waals surface area (Å²) in [6.07, 6.45) is -2.93. The van der Waals surface area contributed by atoms with E-state index < -0.39 is 96.2 Å². The molecule has 1 aromatic rings. The summed E-state index contributed by atoms with van der Waals surface area (Å²) in [5.74, 6) is -6.77. The normalized spacial score (nSPS) is 26.1. The third-order valence-corrected chi connectivity index (χ3v) is 7.94. The maximum absolute atomic E-state index is 13.4. The van der Waals surface area contributed by atoms with Crippen LogP contribution in [0, 0.1) is 5.92 Å². The summed E-state index contributed by atoms with van der Waals surface area (Å²) < 4.78 is 32.1. The van der Waals surface area contributed by atoms with Crippen molar-refractivity contribution in [2.45, 2.75) is 128 Å². The number of carbonyl (C=O) groups excluding carboxylic acids is 4. The van der Waals surface area contributed by atoms with Gasteiger partial charge in [-0.25, -0.2) is 0 Å². The van der Waals surface area contributed by atoms with Gasteiger partial charge in [0.25, 0.3) is 0 Å². The molecule has 2 saturated heterocycles. The van der Waals surface area contributed by atoms with Crippen molar-refractivity contribution in [1.29, 1.82) is 0 Å². The van der Waals surface area contributed by atoms with Gasteiger partial charge in [0.2, 0.25) is 23.6 Å². The van der Waals surface area contributed by atoms with Crippen LogP contribution in [0.5, 0.6) is 0 Å². The maximum Gasteiger partial charge on any atom is 0.303 e. The zero-order chi connectivity index (χ0) is 36.7. The minimum Gasteiger partial charge on any atom is -0.481 e. The van der Waals surface area contributed by atoms with Crippen LogP contribution >= 0.6 is 0 Å². The number of nitrogens with one attached hydrogen (secondary N) is 3. The lowest BCUT2D eigenvalue weighted by Crippen LogP contribution is -2.75. The van der Waals surface area contributed by atoms with Crippen LogP contribution in [0.1, 0.15) is 73.8 Å². The zero-order valence-electron chi connectivity index (χ0n) is 29.6. The Morgan fingerprint density at radius 2 is 1.67 bits per heavy atom. The molecule has 0 aliphatic carbocycles. The van der Waals surface area contributed by atoms with E-state index in [-0.39, 0.29) is 25.4 Å². The molecule has 7 atom stereocenters. The van der Waals surface area contributed by atoms with E-state index in [4.69, 9.17) is 34.5 Å². The smallest absolute Gasteiger partial charge is 0.303 e. The second kappa shape index (κ2) is 16.4. The van der Waals surface area contributed by atoms with Gasteiger partial charge in [0.05, 0.1) is 12.2 Å². The van der Waals surface area contributed by atoms with Crippen LogP contribution in [0.2, 0.25) is 0 Å². The lowest BCUT2D eigenvalue weighted by molar-refractivity contribution is -0.411. The molecule has 3 rings (SSSR count). The summed E-state index contributed by atoms with van der Waals surface area (Å²) in [7, 11) is 0. The largest absolute Gasteiger partial charge is 0.481 e. The minimum absolute atomic E-state index is 0.110. The number of benzene rings is 1. The quantitative estimate of drug-likeness (QED) is 0.176. The highest BCUT2D eigenvalue weighted by Gasteiger charge is 2.61. The molecule has 0 bridgehead atoms. The highest BCUT2D eigenvalue weighted by molar-refractivity contribution is 5.91. The first-order chi connectivity index (χ1) is 22.7. The predicted molar refractivity (Wildman–Crippen MR) is 176 cm³/mol. The summed E-state index contributed by atoms with van der Waals surface area (Å²) in [5.41, 5.74) is 5.42. The Balaban J connectivity index is 1.94. The fourth-order valence-corrected chi connectivity index (χ4v) is 5.71. The monoisotopic (exact) mass is 692 g/mol. The Bertz CT molecular complexity index is 1330. The predicted octanol–water partition coefficient (Wildman–Crippen LogP) is 1.16. The first-order valence-corrected chi connectivity index (χ1v) is 16.5. The second-order valence-electron chi connectivity index (χ2n) is 14.2. The van der Waals surface area contributed by atoms with E-state index in [1.54, 1.807) is 27.7 Å². The fourth-order valence-electron chi connectivity index (χ4n) is 5.71. The van der Waals surface area contributed by atoms with E-state index in [9.17, 15) is 24.0 Å². The Kier molecular flexibility index (Phi) is 13.3. The van der Waals surface area contributed by atoms with Gasteiger partial charge in [-0.1, -0.05) is 44.2 Å². The van der Waals surface area contributed by atoms with Crippen molar-refractivity contribution in [3.8, 4) is 0 Å². The molecule has 2 aliphatic heterocycles. The molecule has 15 nitrogen and oxygen atoms in total. The number of fused-ring (bicyclic) bond motifs is 1. The van der Waals surface area contributed by atoms with Gasteiger partial charge in [-0.2, -0.15) is 0 Å². The number of hydrogen-bond donors (Lipinski definition) is 5. The van der Waals surface area contributed by atoms with Gasteiger partial charge in [-0.05, 0) is 53.5 Å². The standard InChI is InChI=1S/C34H52N4O11/c1-19(2)30(43)38-28-27(45-18-24(39)36-20(3)31(44)37-22(29(35)42)14-15-25(40)41)26-23(17-46-33(7,8)48-26)47-34(28,49-32(4,5)6)16-21-12-10-9-11-13-21/h9-13,19-20,22-23,26-28H,14-18H2,1-8H3,(H2,35,42)(H,36,39)(H,37,44)(H,38,43)(H,40,41)/t20?,22?,23-,26-,27+,28-,34-/m1/s1. The third kappa shape index (κ3) is 11.5. The molecule has 0 aromatic heterocycles. The van der Waals surface area contributed by atoms with E-state index in [0.29, 0.717) is 0 Å². The summed E-state index contributed by atoms with van der Waals surface area (Å²) in [5, 5.41) is 16.9. The summed E-state index contributed by atoms with van der Waals surface area (Å²) in [6.45, 7) is 13.5. The fraction of sp³-hybridized carbons (Fsp3) is 0.676. The highest BCUT2D eigenvalue weighted by Crippen LogP contribution is 2.42. The summed E-state index contributed by atoms with van der Waals surface area (Å²) >= 11 is 0. The average molecular weight is 693 g/mol. The van der Waals surface area contributed by atoms with Crippen molar-refractivity contribution >= 4 is 29.6 Å². The first kappa shape index (κ1) is 39.8. The van der Waals surface area contributed by atoms with Crippen LogP contribution in [0.25, 0.3) is 0 Å². The number of nitrogens with two attached hydrogens (primary N) is 1. The molecule has 0 spiro atoms. The van der Waals surface area contributed by atoms with Crippen molar-refractivity contribution in [3.05, 3.63) is 35.9 Å². The molecule has 49 heavy (non-hydrogen) atoms. The molecule has 0 saturated carbocycles. The van der Waals surface area contributed by atoms with Gasteiger partial charge in [-0.3, -0.25) is 24.0 Å². The summed E-state index contributed by atoms with van der Waals surface area (Å²) in [6, 6.07) is 6.13. The van der Waals surface area contributed by atoms with E-state index in [1.165, 1.54) is 6.92 Å². The number of hydrogen-bond acceptors (Lipinski definition) is 10. The molecule has 6 N–H and O–H groups in total. The second-order valence-corrected chi connectivity index (χ2v) is 14.2. The van der Waals surface area contributed by atoms with E-state index in [2.05, 4.69) is 16.0 Å².